The molecule has 3 heteroatoms. The zero-order valence-electron chi connectivity index (χ0n) is 7.81. The second-order valence-electron chi connectivity index (χ2n) is 3.50. The second kappa shape index (κ2) is 2.67. The monoisotopic (exact) mass is 197 g/mol. The van der Waals surface area contributed by atoms with Crippen LogP contribution in [0.2, 0.25) is 0 Å². The van der Waals surface area contributed by atoms with E-state index in [2.05, 4.69) is 0 Å². The van der Waals surface area contributed by atoms with Crippen LogP contribution in [0.25, 0.3) is 22.3 Å². The SMILES string of the molecule is O=[N+]([O-])c1cccc2c1-c1ccccc1-2. The lowest BCUT2D eigenvalue weighted by Gasteiger charge is -2.22. The summed E-state index contributed by atoms with van der Waals surface area (Å²) in [4.78, 5) is 10.5. The van der Waals surface area contributed by atoms with Crippen LogP contribution < -0.4 is 0 Å². The Morgan fingerprint density at radius 1 is 0.867 bits per heavy atom. The molecule has 1 aliphatic rings. The largest absolute Gasteiger partial charge is 0.277 e. The van der Waals surface area contributed by atoms with Crippen molar-refractivity contribution in [2.45, 2.75) is 0 Å². The summed E-state index contributed by atoms with van der Waals surface area (Å²) in [6, 6.07) is 13.0. The van der Waals surface area contributed by atoms with Gasteiger partial charge in [0, 0.05) is 6.07 Å². The van der Waals surface area contributed by atoms with Crippen LogP contribution >= 0.6 is 0 Å². The summed E-state index contributed by atoms with van der Waals surface area (Å²) in [5.74, 6) is 0. The van der Waals surface area contributed by atoms with Crippen LogP contribution in [0.15, 0.2) is 42.5 Å². The van der Waals surface area contributed by atoms with E-state index in [1.54, 1.807) is 12.1 Å². The van der Waals surface area contributed by atoms with E-state index >= 15 is 0 Å². The maximum absolute atomic E-state index is 10.8. The van der Waals surface area contributed by atoms with Gasteiger partial charge in [-0.2, -0.15) is 0 Å². The van der Waals surface area contributed by atoms with E-state index in [1.165, 1.54) is 0 Å². The maximum Gasteiger partial charge on any atom is 0.277 e. The molecule has 0 bridgehead atoms. The number of hydrogen-bond donors (Lipinski definition) is 0. The number of benzene rings is 2. The molecule has 3 nitrogen and oxygen atoms in total. The van der Waals surface area contributed by atoms with Crippen molar-refractivity contribution in [2.75, 3.05) is 0 Å². The summed E-state index contributed by atoms with van der Waals surface area (Å²) in [5, 5.41) is 10.8. The third kappa shape index (κ3) is 0.944. The van der Waals surface area contributed by atoms with Gasteiger partial charge in [-0.3, -0.25) is 10.1 Å². The molecular formula is C12H7NO2. The van der Waals surface area contributed by atoms with Gasteiger partial charge >= 0.3 is 0 Å². The van der Waals surface area contributed by atoms with Crippen molar-refractivity contribution in [1.29, 1.82) is 0 Å². The first kappa shape index (κ1) is 8.17. The Hall–Kier alpha value is -2.16. The predicted octanol–water partition coefficient (Wildman–Crippen LogP) is 3.24. The minimum absolute atomic E-state index is 0.200. The molecule has 2 aromatic carbocycles. The number of nitrogens with zero attached hydrogens (tertiary/aromatic N) is 1. The lowest BCUT2D eigenvalue weighted by molar-refractivity contribution is -0.384. The van der Waals surface area contributed by atoms with Gasteiger partial charge in [0.1, 0.15) is 0 Å². The van der Waals surface area contributed by atoms with E-state index in [1.807, 2.05) is 30.3 Å². The topological polar surface area (TPSA) is 43.1 Å². The molecule has 0 heterocycles. The van der Waals surface area contributed by atoms with Crippen molar-refractivity contribution in [3.8, 4) is 22.3 Å². The van der Waals surface area contributed by atoms with Crippen LogP contribution in [0.1, 0.15) is 0 Å². The van der Waals surface area contributed by atoms with E-state index in [0.29, 0.717) is 0 Å². The molecule has 0 fully saturated rings. The first-order chi connectivity index (χ1) is 7.29. The third-order valence-corrected chi connectivity index (χ3v) is 2.73. The Kier molecular flexibility index (Phi) is 1.45. The van der Waals surface area contributed by atoms with Crippen molar-refractivity contribution in [3.63, 3.8) is 0 Å². The number of nitro groups is 1. The molecule has 0 aromatic heterocycles. The molecule has 0 spiro atoms. The van der Waals surface area contributed by atoms with Crippen molar-refractivity contribution in [1.82, 2.24) is 0 Å². The molecular weight excluding hydrogens is 190 g/mol. The van der Waals surface area contributed by atoms with E-state index in [9.17, 15) is 10.1 Å². The van der Waals surface area contributed by atoms with Gasteiger partial charge in [-0.15, -0.1) is 0 Å². The average molecular weight is 197 g/mol. The van der Waals surface area contributed by atoms with Gasteiger partial charge in [0.2, 0.25) is 0 Å². The lowest BCUT2D eigenvalue weighted by Crippen LogP contribution is -2.02. The molecule has 15 heavy (non-hydrogen) atoms. The number of fused-ring (bicyclic) bond motifs is 4. The molecule has 0 amide bonds. The molecule has 3 rings (SSSR count). The Labute approximate surface area is 86.1 Å². The fraction of sp³-hybridized carbons (Fsp3) is 0. The summed E-state index contributed by atoms with van der Waals surface area (Å²) in [6.45, 7) is 0. The Morgan fingerprint density at radius 2 is 1.53 bits per heavy atom. The van der Waals surface area contributed by atoms with Crippen molar-refractivity contribution in [3.05, 3.63) is 52.6 Å². The molecule has 2 aromatic rings. The molecule has 0 N–H and O–H groups in total. The smallest absolute Gasteiger partial charge is 0.258 e. The minimum atomic E-state index is -0.325. The Morgan fingerprint density at radius 3 is 2.27 bits per heavy atom. The van der Waals surface area contributed by atoms with Gasteiger partial charge in [0.15, 0.2) is 0 Å². The first-order valence-corrected chi connectivity index (χ1v) is 4.66. The van der Waals surface area contributed by atoms with Gasteiger partial charge in [0.25, 0.3) is 5.69 Å². The lowest BCUT2D eigenvalue weighted by atomic mass is 9.80. The zero-order valence-corrected chi connectivity index (χ0v) is 7.81. The van der Waals surface area contributed by atoms with Gasteiger partial charge in [0.05, 0.1) is 10.5 Å². The molecule has 0 aliphatic heterocycles. The first-order valence-electron chi connectivity index (χ1n) is 4.66. The van der Waals surface area contributed by atoms with E-state index in [4.69, 9.17) is 0 Å². The highest BCUT2D eigenvalue weighted by Crippen LogP contribution is 2.50. The number of nitro benzene ring substituents is 1. The molecule has 0 saturated heterocycles. The van der Waals surface area contributed by atoms with Gasteiger partial charge in [-0.1, -0.05) is 36.4 Å². The zero-order chi connectivity index (χ0) is 10.4. The van der Waals surface area contributed by atoms with Gasteiger partial charge in [-0.05, 0) is 16.7 Å². The highest BCUT2D eigenvalue weighted by molar-refractivity contribution is 6.06. The highest BCUT2D eigenvalue weighted by atomic mass is 16.6. The minimum Gasteiger partial charge on any atom is -0.258 e. The van der Waals surface area contributed by atoms with Crippen molar-refractivity contribution in [2.24, 2.45) is 0 Å². The highest BCUT2D eigenvalue weighted by Gasteiger charge is 2.29. The quantitative estimate of drug-likeness (QED) is 0.444. The van der Waals surface area contributed by atoms with Crippen LogP contribution in [-0.4, -0.2) is 4.92 Å². The van der Waals surface area contributed by atoms with Gasteiger partial charge < -0.3 is 0 Å². The average Bonchev–Trinajstić information content (AvgIpc) is 2.24. The standard InChI is InChI=1S/C12H7NO2/c14-13(15)11-7-3-6-10-8-4-1-2-5-9(8)12(10)11/h1-7H. The fourth-order valence-corrected chi connectivity index (χ4v) is 2.07. The maximum atomic E-state index is 10.8. The van der Waals surface area contributed by atoms with E-state index < -0.39 is 0 Å². The summed E-state index contributed by atoms with van der Waals surface area (Å²) in [6.07, 6.45) is 0. The summed E-state index contributed by atoms with van der Waals surface area (Å²) >= 11 is 0. The van der Waals surface area contributed by atoms with E-state index in [0.717, 1.165) is 22.3 Å². The Bertz CT molecular complexity index is 576. The fourth-order valence-electron chi connectivity index (χ4n) is 2.07. The molecule has 0 saturated carbocycles. The number of rotatable bonds is 1. The van der Waals surface area contributed by atoms with Crippen LogP contribution in [0, 0.1) is 10.1 Å². The molecule has 0 radical (unpaired) electrons. The Balaban J connectivity index is 2.30. The van der Waals surface area contributed by atoms with Crippen molar-refractivity contribution >= 4 is 5.69 Å². The van der Waals surface area contributed by atoms with Crippen molar-refractivity contribution < 1.29 is 4.92 Å². The molecule has 0 unspecified atom stereocenters. The predicted molar refractivity (Wildman–Crippen MR) is 57.5 cm³/mol. The molecule has 72 valence electrons. The van der Waals surface area contributed by atoms with Crippen LogP contribution in [0.3, 0.4) is 0 Å². The van der Waals surface area contributed by atoms with Crippen LogP contribution in [0.4, 0.5) is 5.69 Å². The van der Waals surface area contributed by atoms with Crippen LogP contribution in [0.5, 0.6) is 0 Å². The summed E-state index contributed by atoms with van der Waals surface area (Å²) < 4.78 is 0. The van der Waals surface area contributed by atoms with Gasteiger partial charge in [-0.25, -0.2) is 0 Å². The number of hydrogen-bond acceptors (Lipinski definition) is 2. The molecule has 0 atom stereocenters. The molecule has 1 aliphatic carbocycles. The summed E-state index contributed by atoms with van der Waals surface area (Å²) in [5.41, 5.74) is 4.06. The van der Waals surface area contributed by atoms with E-state index in [-0.39, 0.29) is 10.6 Å². The summed E-state index contributed by atoms with van der Waals surface area (Å²) in [7, 11) is 0. The third-order valence-electron chi connectivity index (χ3n) is 2.73. The van der Waals surface area contributed by atoms with Crippen LogP contribution in [-0.2, 0) is 0 Å². The second-order valence-corrected chi connectivity index (χ2v) is 3.50. The normalized spacial score (nSPS) is 11.2.